The summed E-state index contributed by atoms with van der Waals surface area (Å²) in [7, 11) is 0. The molecular formula is C13H6Cl2F4. The Bertz CT molecular complexity index is 621. The van der Waals surface area contributed by atoms with Gasteiger partial charge in [0.05, 0.1) is 5.56 Å². The molecule has 0 aliphatic carbocycles. The molecule has 0 nitrogen and oxygen atoms in total. The van der Waals surface area contributed by atoms with Crippen molar-refractivity contribution in [3.05, 3.63) is 57.8 Å². The lowest BCUT2D eigenvalue weighted by Crippen LogP contribution is -2.08. The van der Waals surface area contributed by atoms with Crippen molar-refractivity contribution in [2.24, 2.45) is 0 Å². The molecule has 2 rings (SSSR count). The van der Waals surface area contributed by atoms with Gasteiger partial charge in [-0.05, 0) is 29.8 Å². The van der Waals surface area contributed by atoms with Crippen molar-refractivity contribution < 1.29 is 17.6 Å². The van der Waals surface area contributed by atoms with Crippen LogP contribution in [0.4, 0.5) is 17.6 Å². The quantitative estimate of drug-likeness (QED) is 0.582. The van der Waals surface area contributed by atoms with Gasteiger partial charge in [-0.2, -0.15) is 13.2 Å². The van der Waals surface area contributed by atoms with Crippen molar-refractivity contribution in [3.63, 3.8) is 0 Å². The number of hydrogen-bond donors (Lipinski definition) is 0. The first kappa shape index (κ1) is 14.2. The number of benzene rings is 2. The smallest absolute Gasteiger partial charge is 0.206 e. The van der Waals surface area contributed by atoms with Crippen LogP contribution in [-0.4, -0.2) is 0 Å². The van der Waals surface area contributed by atoms with Crippen LogP contribution in [0.25, 0.3) is 11.1 Å². The second-order valence-electron chi connectivity index (χ2n) is 3.82. The standard InChI is InChI=1S/C13H6Cl2F4/c14-8-2-3-9(11(15)6-8)7-1-4-12(16)10(5-7)13(17,18)19/h1-6H. The van der Waals surface area contributed by atoms with Gasteiger partial charge in [-0.1, -0.05) is 35.3 Å². The van der Waals surface area contributed by atoms with E-state index in [2.05, 4.69) is 0 Å². The third-order valence-corrected chi connectivity index (χ3v) is 3.06. The molecule has 2 aromatic rings. The predicted octanol–water partition coefficient (Wildman–Crippen LogP) is 5.82. The van der Waals surface area contributed by atoms with Gasteiger partial charge in [0, 0.05) is 15.6 Å². The van der Waals surface area contributed by atoms with Gasteiger partial charge < -0.3 is 0 Å². The van der Waals surface area contributed by atoms with Crippen LogP contribution in [0.2, 0.25) is 10.0 Å². The van der Waals surface area contributed by atoms with Crippen molar-refractivity contribution in [2.45, 2.75) is 6.18 Å². The topological polar surface area (TPSA) is 0 Å². The third-order valence-electron chi connectivity index (χ3n) is 2.51. The zero-order valence-corrected chi connectivity index (χ0v) is 10.7. The van der Waals surface area contributed by atoms with Crippen molar-refractivity contribution in [1.82, 2.24) is 0 Å². The summed E-state index contributed by atoms with van der Waals surface area (Å²) in [5, 5.41) is 0.569. The molecule has 0 spiro atoms. The average Bonchev–Trinajstić information content (AvgIpc) is 2.29. The van der Waals surface area contributed by atoms with E-state index in [-0.39, 0.29) is 10.6 Å². The minimum absolute atomic E-state index is 0.176. The van der Waals surface area contributed by atoms with Crippen LogP contribution in [0.15, 0.2) is 36.4 Å². The van der Waals surface area contributed by atoms with Crippen LogP contribution in [0.5, 0.6) is 0 Å². The Labute approximate surface area is 116 Å². The predicted molar refractivity (Wildman–Crippen MR) is 66.9 cm³/mol. The second kappa shape index (κ2) is 5.02. The molecule has 0 saturated carbocycles. The zero-order chi connectivity index (χ0) is 14.2. The van der Waals surface area contributed by atoms with Gasteiger partial charge in [-0.15, -0.1) is 0 Å². The first-order valence-electron chi connectivity index (χ1n) is 5.11. The van der Waals surface area contributed by atoms with Crippen molar-refractivity contribution in [1.29, 1.82) is 0 Å². The minimum atomic E-state index is -4.75. The van der Waals surface area contributed by atoms with E-state index in [1.54, 1.807) is 0 Å². The molecule has 0 radical (unpaired) electrons. The van der Waals surface area contributed by atoms with Gasteiger partial charge in [0.1, 0.15) is 5.82 Å². The van der Waals surface area contributed by atoms with Crippen LogP contribution in [0, 0.1) is 5.82 Å². The third kappa shape index (κ3) is 3.01. The van der Waals surface area contributed by atoms with Gasteiger partial charge in [0.15, 0.2) is 0 Å². The number of hydrogen-bond acceptors (Lipinski definition) is 0. The molecule has 0 aromatic heterocycles. The Morgan fingerprint density at radius 3 is 2.16 bits per heavy atom. The largest absolute Gasteiger partial charge is 0.419 e. The maximum Gasteiger partial charge on any atom is 0.419 e. The zero-order valence-electron chi connectivity index (χ0n) is 9.23. The Hall–Kier alpha value is -1.26. The van der Waals surface area contributed by atoms with E-state index in [4.69, 9.17) is 23.2 Å². The monoisotopic (exact) mass is 308 g/mol. The van der Waals surface area contributed by atoms with Crippen LogP contribution in [0.3, 0.4) is 0 Å². The number of alkyl halides is 3. The lowest BCUT2D eigenvalue weighted by Gasteiger charge is -2.11. The fraction of sp³-hybridized carbons (Fsp3) is 0.0769. The molecule has 100 valence electrons. The van der Waals surface area contributed by atoms with Crippen LogP contribution in [0.1, 0.15) is 5.56 Å². The van der Waals surface area contributed by atoms with Crippen LogP contribution < -0.4 is 0 Å². The second-order valence-corrected chi connectivity index (χ2v) is 4.66. The van der Waals surface area contributed by atoms with Gasteiger partial charge in [-0.25, -0.2) is 4.39 Å². The SMILES string of the molecule is Fc1ccc(-c2ccc(Cl)cc2Cl)cc1C(F)(F)F. The van der Waals surface area contributed by atoms with E-state index in [1.807, 2.05) is 0 Å². The molecular weight excluding hydrogens is 303 g/mol. The van der Waals surface area contributed by atoms with Gasteiger partial charge in [0.2, 0.25) is 0 Å². The molecule has 0 heterocycles. The maximum absolute atomic E-state index is 13.2. The summed E-state index contributed by atoms with van der Waals surface area (Å²) in [5.41, 5.74) is -0.789. The summed E-state index contributed by atoms with van der Waals surface area (Å²) in [6, 6.07) is 7.12. The van der Waals surface area contributed by atoms with E-state index in [0.717, 1.165) is 12.1 Å². The highest BCUT2D eigenvalue weighted by Gasteiger charge is 2.34. The molecule has 0 atom stereocenters. The van der Waals surface area contributed by atoms with Gasteiger partial charge in [-0.3, -0.25) is 0 Å². The normalized spacial score (nSPS) is 11.7. The van der Waals surface area contributed by atoms with Gasteiger partial charge in [0.25, 0.3) is 0 Å². The molecule has 0 aliphatic rings. The fourth-order valence-corrected chi connectivity index (χ4v) is 2.15. The van der Waals surface area contributed by atoms with E-state index >= 15 is 0 Å². The van der Waals surface area contributed by atoms with Gasteiger partial charge >= 0.3 is 6.18 Å². The van der Waals surface area contributed by atoms with Crippen LogP contribution >= 0.6 is 23.2 Å². The average molecular weight is 309 g/mol. The fourth-order valence-electron chi connectivity index (χ4n) is 1.63. The molecule has 0 bridgehead atoms. The Balaban J connectivity index is 2.58. The van der Waals surface area contributed by atoms with E-state index in [1.165, 1.54) is 24.3 Å². The first-order valence-corrected chi connectivity index (χ1v) is 5.87. The van der Waals surface area contributed by atoms with E-state index in [9.17, 15) is 17.6 Å². The lowest BCUT2D eigenvalue weighted by atomic mass is 10.0. The summed E-state index contributed by atoms with van der Waals surface area (Å²) in [4.78, 5) is 0. The van der Waals surface area contributed by atoms with Crippen LogP contribution in [-0.2, 0) is 6.18 Å². The van der Waals surface area contributed by atoms with E-state index in [0.29, 0.717) is 10.6 Å². The molecule has 0 fully saturated rings. The molecule has 0 saturated heterocycles. The highest BCUT2D eigenvalue weighted by Crippen LogP contribution is 2.36. The summed E-state index contributed by atoms with van der Waals surface area (Å²) < 4.78 is 51.0. The highest BCUT2D eigenvalue weighted by atomic mass is 35.5. The number of rotatable bonds is 1. The Kier molecular flexibility index (Phi) is 3.74. The summed E-state index contributed by atoms with van der Waals surface area (Å²) >= 11 is 11.6. The molecule has 2 aromatic carbocycles. The first-order chi connectivity index (χ1) is 8.79. The maximum atomic E-state index is 13.2. The molecule has 0 unspecified atom stereocenters. The number of halogens is 6. The summed E-state index contributed by atoms with van der Waals surface area (Å²) in [6.45, 7) is 0. The van der Waals surface area contributed by atoms with E-state index < -0.39 is 17.6 Å². The molecule has 0 N–H and O–H groups in total. The minimum Gasteiger partial charge on any atom is -0.206 e. The molecule has 6 heteroatoms. The Morgan fingerprint density at radius 2 is 1.58 bits per heavy atom. The highest BCUT2D eigenvalue weighted by molar-refractivity contribution is 6.36. The molecule has 0 amide bonds. The van der Waals surface area contributed by atoms with Crippen molar-refractivity contribution in [2.75, 3.05) is 0 Å². The Morgan fingerprint density at radius 1 is 0.895 bits per heavy atom. The van der Waals surface area contributed by atoms with Crippen molar-refractivity contribution in [3.8, 4) is 11.1 Å². The lowest BCUT2D eigenvalue weighted by molar-refractivity contribution is -0.139. The van der Waals surface area contributed by atoms with Crippen molar-refractivity contribution >= 4 is 23.2 Å². The summed E-state index contributed by atoms with van der Waals surface area (Å²) in [5.74, 6) is -1.32. The molecule has 0 aliphatic heterocycles. The molecule has 19 heavy (non-hydrogen) atoms. The summed E-state index contributed by atoms with van der Waals surface area (Å²) in [6.07, 6.45) is -4.75.